The van der Waals surface area contributed by atoms with Crippen molar-refractivity contribution in [3.8, 4) is 0 Å². The van der Waals surface area contributed by atoms with E-state index in [2.05, 4.69) is 34.8 Å². The van der Waals surface area contributed by atoms with E-state index in [1.165, 1.54) is 45.3 Å². The molecule has 2 heterocycles. The van der Waals surface area contributed by atoms with Crippen LogP contribution in [0.15, 0.2) is 17.5 Å². The second kappa shape index (κ2) is 5.72. The fourth-order valence-electron chi connectivity index (χ4n) is 3.28. The van der Waals surface area contributed by atoms with E-state index in [0.29, 0.717) is 6.04 Å². The molecular formula is C15H24N2S. The summed E-state index contributed by atoms with van der Waals surface area (Å²) in [6.45, 7) is 3.69. The van der Waals surface area contributed by atoms with Crippen molar-refractivity contribution in [1.29, 1.82) is 0 Å². The Balaban J connectivity index is 1.63. The molecule has 1 saturated carbocycles. The molecule has 1 aromatic rings. The first-order valence-corrected chi connectivity index (χ1v) is 8.17. The van der Waals surface area contributed by atoms with Gasteiger partial charge in [-0.2, -0.15) is 0 Å². The summed E-state index contributed by atoms with van der Waals surface area (Å²) < 4.78 is 0. The van der Waals surface area contributed by atoms with Crippen LogP contribution in [-0.2, 0) is 0 Å². The van der Waals surface area contributed by atoms with Gasteiger partial charge in [0.25, 0.3) is 0 Å². The Kier molecular flexibility index (Phi) is 4.02. The molecule has 1 aliphatic carbocycles. The van der Waals surface area contributed by atoms with Crippen LogP contribution in [0.4, 0.5) is 0 Å². The van der Waals surface area contributed by atoms with Gasteiger partial charge in [0.2, 0.25) is 0 Å². The Bertz CT molecular complexity index is 353. The van der Waals surface area contributed by atoms with E-state index < -0.39 is 0 Å². The molecule has 2 unspecified atom stereocenters. The van der Waals surface area contributed by atoms with Crippen molar-refractivity contribution < 1.29 is 0 Å². The molecule has 3 rings (SSSR count). The maximum Gasteiger partial charge on any atom is 0.0466 e. The molecular weight excluding hydrogens is 240 g/mol. The van der Waals surface area contributed by atoms with Crippen LogP contribution in [0.5, 0.6) is 0 Å². The van der Waals surface area contributed by atoms with Gasteiger partial charge in [-0.15, -0.1) is 11.3 Å². The van der Waals surface area contributed by atoms with Crippen LogP contribution in [0.2, 0.25) is 0 Å². The fourth-order valence-corrected chi connectivity index (χ4v) is 4.26. The Morgan fingerprint density at radius 1 is 1.44 bits per heavy atom. The van der Waals surface area contributed by atoms with Crippen LogP contribution in [0, 0.1) is 11.8 Å². The zero-order valence-electron chi connectivity index (χ0n) is 11.3. The molecule has 1 saturated heterocycles. The molecule has 2 nitrogen and oxygen atoms in total. The van der Waals surface area contributed by atoms with E-state index in [0.717, 1.165) is 11.8 Å². The number of thiophene rings is 1. The summed E-state index contributed by atoms with van der Waals surface area (Å²) in [5.41, 5.74) is 0. The van der Waals surface area contributed by atoms with Crippen molar-refractivity contribution in [1.82, 2.24) is 10.2 Å². The molecule has 1 N–H and O–H groups in total. The van der Waals surface area contributed by atoms with Crippen molar-refractivity contribution in [3.63, 3.8) is 0 Å². The van der Waals surface area contributed by atoms with E-state index in [-0.39, 0.29) is 0 Å². The molecule has 1 aromatic heterocycles. The summed E-state index contributed by atoms with van der Waals surface area (Å²) in [5, 5.41) is 5.76. The van der Waals surface area contributed by atoms with Crippen LogP contribution in [0.3, 0.4) is 0 Å². The van der Waals surface area contributed by atoms with Crippen LogP contribution in [0.1, 0.15) is 36.6 Å². The van der Waals surface area contributed by atoms with Gasteiger partial charge in [0, 0.05) is 17.5 Å². The fraction of sp³-hybridized carbons (Fsp3) is 0.733. The SMILES string of the molecule is CN(CC1CCCNC1)C(c1cccs1)C1CC1. The normalized spacial score (nSPS) is 26.4. The minimum absolute atomic E-state index is 0.687. The lowest BCUT2D eigenvalue weighted by molar-refractivity contribution is 0.175. The molecule has 1 aliphatic heterocycles. The second-order valence-electron chi connectivity index (χ2n) is 5.95. The summed E-state index contributed by atoms with van der Waals surface area (Å²) in [4.78, 5) is 4.20. The van der Waals surface area contributed by atoms with E-state index in [9.17, 15) is 0 Å². The number of nitrogens with one attached hydrogen (secondary N) is 1. The summed E-state index contributed by atoms with van der Waals surface area (Å²) in [6.07, 6.45) is 5.61. The van der Waals surface area contributed by atoms with Crippen molar-refractivity contribution in [2.24, 2.45) is 11.8 Å². The lowest BCUT2D eigenvalue weighted by Crippen LogP contribution is -2.38. The standard InChI is InChI=1S/C15H24N2S/c1-17(11-12-4-2-8-16-10-12)15(13-6-7-13)14-5-3-9-18-14/h3,5,9,12-13,15-16H,2,4,6-8,10-11H2,1H3. The highest BCUT2D eigenvalue weighted by Gasteiger charge is 2.36. The summed E-state index contributed by atoms with van der Waals surface area (Å²) >= 11 is 1.93. The van der Waals surface area contributed by atoms with E-state index in [1.807, 2.05) is 11.3 Å². The average molecular weight is 264 g/mol. The number of hydrogen-bond donors (Lipinski definition) is 1. The first kappa shape index (κ1) is 12.6. The van der Waals surface area contributed by atoms with Crippen molar-refractivity contribution in [3.05, 3.63) is 22.4 Å². The lowest BCUT2D eigenvalue weighted by atomic mass is 9.98. The Labute approximate surface area is 114 Å². The quantitative estimate of drug-likeness (QED) is 0.879. The molecule has 100 valence electrons. The molecule has 2 fully saturated rings. The van der Waals surface area contributed by atoms with E-state index in [1.54, 1.807) is 4.88 Å². The molecule has 2 aliphatic rings. The Morgan fingerprint density at radius 3 is 2.94 bits per heavy atom. The van der Waals surface area contributed by atoms with Crippen molar-refractivity contribution in [2.45, 2.75) is 31.7 Å². The first-order valence-electron chi connectivity index (χ1n) is 7.29. The third-order valence-electron chi connectivity index (χ3n) is 4.32. The van der Waals surface area contributed by atoms with Gasteiger partial charge >= 0.3 is 0 Å². The molecule has 0 amide bonds. The maximum absolute atomic E-state index is 3.53. The molecule has 0 aromatic carbocycles. The molecule has 0 bridgehead atoms. The number of rotatable bonds is 5. The summed E-state index contributed by atoms with van der Waals surface area (Å²) in [5.74, 6) is 1.77. The van der Waals surface area contributed by atoms with Gasteiger partial charge in [-0.1, -0.05) is 6.07 Å². The first-order chi connectivity index (χ1) is 8.84. The Morgan fingerprint density at radius 2 is 2.33 bits per heavy atom. The lowest BCUT2D eigenvalue weighted by Gasteiger charge is -2.33. The minimum atomic E-state index is 0.687. The van der Waals surface area contributed by atoms with Gasteiger partial charge < -0.3 is 5.32 Å². The van der Waals surface area contributed by atoms with E-state index >= 15 is 0 Å². The van der Waals surface area contributed by atoms with Gasteiger partial charge in [0.1, 0.15) is 0 Å². The molecule has 0 spiro atoms. The predicted molar refractivity (Wildman–Crippen MR) is 78.0 cm³/mol. The number of nitrogens with zero attached hydrogens (tertiary/aromatic N) is 1. The van der Waals surface area contributed by atoms with Gasteiger partial charge in [0.15, 0.2) is 0 Å². The highest BCUT2D eigenvalue weighted by atomic mass is 32.1. The minimum Gasteiger partial charge on any atom is -0.316 e. The zero-order chi connectivity index (χ0) is 12.4. The molecule has 0 radical (unpaired) electrons. The van der Waals surface area contributed by atoms with Gasteiger partial charge in [-0.3, -0.25) is 4.90 Å². The number of hydrogen-bond acceptors (Lipinski definition) is 3. The van der Waals surface area contributed by atoms with Gasteiger partial charge in [0.05, 0.1) is 0 Å². The third kappa shape index (κ3) is 2.95. The zero-order valence-corrected chi connectivity index (χ0v) is 12.1. The van der Waals surface area contributed by atoms with Crippen molar-refractivity contribution >= 4 is 11.3 Å². The highest BCUT2D eigenvalue weighted by molar-refractivity contribution is 7.10. The van der Waals surface area contributed by atoms with Gasteiger partial charge in [-0.25, -0.2) is 0 Å². The number of piperidine rings is 1. The third-order valence-corrected chi connectivity index (χ3v) is 5.27. The van der Waals surface area contributed by atoms with Gasteiger partial charge in [-0.05, 0) is 69.1 Å². The predicted octanol–water partition coefficient (Wildman–Crippen LogP) is 3.13. The van der Waals surface area contributed by atoms with E-state index in [4.69, 9.17) is 0 Å². The summed E-state index contributed by atoms with van der Waals surface area (Å²) in [7, 11) is 2.33. The highest BCUT2D eigenvalue weighted by Crippen LogP contribution is 2.45. The maximum atomic E-state index is 3.53. The topological polar surface area (TPSA) is 15.3 Å². The molecule has 18 heavy (non-hydrogen) atoms. The van der Waals surface area contributed by atoms with Crippen LogP contribution >= 0.6 is 11.3 Å². The van der Waals surface area contributed by atoms with Crippen molar-refractivity contribution in [2.75, 3.05) is 26.7 Å². The van der Waals surface area contributed by atoms with Crippen LogP contribution in [-0.4, -0.2) is 31.6 Å². The monoisotopic (exact) mass is 264 g/mol. The van der Waals surface area contributed by atoms with Crippen LogP contribution < -0.4 is 5.32 Å². The summed E-state index contributed by atoms with van der Waals surface area (Å²) in [6, 6.07) is 5.21. The molecule has 2 atom stereocenters. The average Bonchev–Trinajstić information content (AvgIpc) is 3.05. The molecule has 3 heteroatoms. The van der Waals surface area contributed by atoms with Crippen LogP contribution in [0.25, 0.3) is 0 Å². The largest absolute Gasteiger partial charge is 0.316 e. The smallest absolute Gasteiger partial charge is 0.0466 e. The Hall–Kier alpha value is -0.380. The second-order valence-corrected chi connectivity index (χ2v) is 6.93.